The quantitative estimate of drug-likeness (QED) is 0.909. The predicted molar refractivity (Wildman–Crippen MR) is 93.7 cm³/mol. The summed E-state index contributed by atoms with van der Waals surface area (Å²) >= 11 is 1.64. The van der Waals surface area contributed by atoms with Crippen molar-refractivity contribution >= 4 is 22.5 Å². The van der Waals surface area contributed by atoms with Crippen LogP contribution in [0.15, 0.2) is 35.8 Å². The van der Waals surface area contributed by atoms with Crippen LogP contribution < -0.4 is 15.0 Å². The maximum absolute atomic E-state index is 12.6. The van der Waals surface area contributed by atoms with E-state index < -0.39 is 0 Å². The fourth-order valence-corrected chi connectivity index (χ4v) is 3.90. The largest absolute Gasteiger partial charge is 0.493 e. The monoisotopic (exact) mass is 344 g/mol. The molecule has 1 saturated heterocycles. The predicted octanol–water partition coefficient (Wildman–Crippen LogP) is 2.50. The number of rotatable bonds is 2. The molecule has 0 aliphatic carbocycles. The molecule has 7 heteroatoms. The van der Waals surface area contributed by atoms with E-state index in [4.69, 9.17) is 4.74 Å². The van der Waals surface area contributed by atoms with Gasteiger partial charge in [0.15, 0.2) is 5.13 Å². The molecule has 0 bridgehead atoms. The van der Waals surface area contributed by atoms with Gasteiger partial charge in [-0.05, 0) is 6.07 Å². The van der Waals surface area contributed by atoms with Crippen LogP contribution in [0.2, 0.25) is 0 Å². The Morgan fingerprint density at radius 1 is 1.25 bits per heavy atom. The summed E-state index contributed by atoms with van der Waals surface area (Å²) < 4.78 is 5.66. The lowest BCUT2D eigenvalue weighted by atomic mass is 10.0. The van der Waals surface area contributed by atoms with Crippen molar-refractivity contribution in [1.29, 1.82) is 0 Å². The van der Waals surface area contributed by atoms with Gasteiger partial charge >= 0.3 is 6.03 Å². The van der Waals surface area contributed by atoms with Crippen LogP contribution in [-0.4, -0.2) is 48.7 Å². The number of piperazine rings is 1. The van der Waals surface area contributed by atoms with E-state index >= 15 is 0 Å². The second-order valence-electron chi connectivity index (χ2n) is 5.97. The first-order valence-electron chi connectivity index (χ1n) is 8.23. The van der Waals surface area contributed by atoms with Gasteiger partial charge in [0.2, 0.25) is 0 Å². The molecule has 4 rings (SSSR count). The molecule has 2 aliphatic rings. The van der Waals surface area contributed by atoms with Crippen LogP contribution in [-0.2, 0) is 0 Å². The maximum atomic E-state index is 12.6. The molecule has 0 saturated carbocycles. The van der Waals surface area contributed by atoms with E-state index in [0.29, 0.717) is 6.61 Å². The Morgan fingerprint density at radius 3 is 2.88 bits per heavy atom. The SMILES string of the molecule is O=C(N[C@H]1CCOc2ccccc21)N1CCN(c2nccs2)CC1. The minimum Gasteiger partial charge on any atom is -0.493 e. The van der Waals surface area contributed by atoms with E-state index in [9.17, 15) is 4.79 Å². The Morgan fingerprint density at radius 2 is 2.08 bits per heavy atom. The highest BCUT2D eigenvalue weighted by molar-refractivity contribution is 7.13. The number of para-hydroxylation sites is 1. The molecule has 6 nitrogen and oxygen atoms in total. The number of aromatic nitrogens is 1. The second kappa shape index (κ2) is 6.68. The van der Waals surface area contributed by atoms with Gasteiger partial charge in [0.25, 0.3) is 0 Å². The van der Waals surface area contributed by atoms with Crippen LogP contribution in [0.3, 0.4) is 0 Å². The number of anilines is 1. The van der Waals surface area contributed by atoms with Gasteiger partial charge in [-0.2, -0.15) is 0 Å². The lowest BCUT2D eigenvalue weighted by Gasteiger charge is -2.36. The van der Waals surface area contributed by atoms with Gasteiger partial charge in [-0.1, -0.05) is 18.2 Å². The summed E-state index contributed by atoms with van der Waals surface area (Å²) in [5, 5.41) is 6.19. The van der Waals surface area contributed by atoms with Gasteiger partial charge in [-0.15, -0.1) is 11.3 Å². The number of benzene rings is 1. The van der Waals surface area contributed by atoms with Crippen molar-refractivity contribution in [3.63, 3.8) is 0 Å². The highest BCUT2D eigenvalue weighted by Crippen LogP contribution is 2.31. The fourth-order valence-electron chi connectivity index (χ4n) is 3.21. The Balaban J connectivity index is 1.36. The highest BCUT2D eigenvalue weighted by Gasteiger charge is 2.27. The van der Waals surface area contributed by atoms with Crippen molar-refractivity contribution in [3.05, 3.63) is 41.4 Å². The Kier molecular flexibility index (Phi) is 4.25. The first-order chi connectivity index (χ1) is 11.8. The molecule has 2 aromatic rings. The molecule has 2 aliphatic heterocycles. The third kappa shape index (κ3) is 3.03. The van der Waals surface area contributed by atoms with Crippen molar-refractivity contribution in [2.75, 3.05) is 37.7 Å². The molecule has 0 spiro atoms. The summed E-state index contributed by atoms with van der Waals surface area (Å²) in [6, 6.07) is 7.97. The smallest absolute Gasteiger partial charge is 0.318 e. The zero-order valence-electron chi connectivity index (χ0n) is 13.4. The van der Waals surface area contributed by atoms with Crippen LogP contribution in [0, 0.1) is 0 Å². The molecule has 0 radical (unpaired) electrons. The lowest BCUT2D eigenvalue weighted by molar-refractivity contribution is 0.183. The summed E-state index contributed by atoms with van der Waals surface area (Å²) in [6.07, 6.45) is 2.63. The zero-order chi connectivity index (χ0) is 16.4. The molecule has 126 valence electrons. The normalized spacial score (nSPS) is 20.2. The van der Waals surface area contributed by atoms with Crippen molar-refractivity contribution in [2.24, 2.45) is 0 Å². The minimum atomic E-state index is 0.00971. The molecule has 2 amide bonds. The van der Waals surface area contributed by atoms with Crippen LogP contribution in [0.5, 0.6) is 5.75 Å². The molecule has 1 atom stereocenters. The molecular weight excluding hydrogens is 324 g/mol. The number of urea groups is 1. The van der Waals surface area contributed by atoms with Gasteiger partial charge in [0, 0.05) is 49.7 Å². The van der Waals surface area contributed by atoms with E-state index in [1.165, 1.54) is 0 Å². The van der Waals surface area contributed by atoms with Crippen LogP contribution in [0.4, 0.5) is 9.93 Å². The van der Waals surface area contributed by atoms with E-state index in [2.05, 4.69) is 15.2 Å². The number of hydrogen-bond acceptors (Lipinski definition) is 5. The van der Waals surface area contributed by atoms with E-state index in [1.807, 2.05) is 40.7 Å². The van der Waals surface area contributed by atoms with Crippen LogP contribution >= 0.6 is 11.3 Å². The molecule has 1 aromatic carbocycles. The van der Waals surface area contributed by atoms with Crippen molar-refractivity contribution < 1.29 is 9.53 Å². The number of nitrogens with zero attached hydrogens (tertiary/aromatic N) is 3. The first-order valence-corrected chi connectivity index (χ1v) is 9.11. The van der Waals surface area contributed by atoms with E-state index in [1.54, 1.807) is 11.3 Å². The first kappa shape index (κ1) is 15.3. The number of thiazole rings is 1. The summed E-state index contributed by atoms with van der Waals surface area (Å²) in [5.41, 5.74) is 1.07. The Labute approximate surface area is 145 Å². The Bertz CT molecular complexity index is 698. The van der Waals surface area contributed by atoms with Gasteiger partial charge in [0.05, 0.1) is 12.6 Å². The highest BCUT2D eigenvalue weighted by atomic mass is 32.1. The molecule has 3 heterocycles. The molecule has 1 aromatic heterocycles. The number of amides is 2. The zero-order valence-corrected chi connectivity index (χ0v) is 14.2. The van der Waals surface area contributed by atoms with Gasteiger partial charge in [-0.3, -0.25) is 0 Å². The van der Waals surface area contributed by atoms with Gasteiger partial charge in [0.1, 0.15) is 5.75 Å². The van der Waals surface area contributed by atoms with Crippen molar-refractivity contribution in [3.8, 4) is 5.75 Å². The minimum absolute atomic E-state index is 0.00971. The topological polar surface area (TPSA) is 57.7 Å². The number of hydrogen-bond donors (Lipinski definition) is 1. The number of fused-ring (bicyclic) bond motifs is 1. The van der Waals surface area contributed by atoms with Crippen LogP contribution in [0.1, 0.15) is 18.0 Å². The number of ether oxygens (including phenoxy) is 1. The third-order valence-corrected chi connectivity index (χ3v) is 5.35. The Hall–Kier alpha value is -2.28. The number of carbonyl (C=O) groups is 1. The fraction of sp³-hybridized carbons (Fsp3) is 0.412. The average molecular weight is 344 g/mol. The maximum Gasteiger partial charge on any atom is 0.318 e. The molecule has 1 fully saturated rings. The average Bonchev–Trinajstić information content (AvgIpc) is 3.17. The standard InChI is InChI=1S/C17H20N4O2S/c22-16(19-14-5-11-23-15-4-2-1-3-13(14)15)20-7-9-21(10-8-20)17-18-6-12-24-17/h1-4,6,12,14H,5,7-11H2,(H,19,22)/t14-/m0/s1. The third-order valence-electron chi connectivity index (χ3n) is 4.51. The lowest BCUT2D eigenvalue weighted by Crippen LogP contribution is -2.52. The van der Waals surface area contributed by atoms with E-state index in [0.717, 1.165) is 49.0 Å². The molecule has 0 unspecified atom stereocenters. The van der Waals surface area contributed by atoms with Gasteiger partial charge in [-0.25, -0.2) is 9.78 Å². The second-order valence-corrected chi connectivity index (χ2v) is 6.84. The van der Waals surface area contributed by atoms with Gasteiger partial charge < -0.3 is 19.9 Å². The van der Waals surface area contributed by atoms with Crippen molar-refractivity contribution in [1.82, 2.24) is 15.2 Å². The summed E-state index contributed by atoms with van der Waals surface area (Å²) in [4.78, 5) is 21.1. The van der Waals surface area contributed by atoms with E-state index in [-0.39, 0.29) is 12.1 Å². The van der Waals surface area contributed by atoms with Crippen LogP contribution in [0.25, 0.3) is 0 Å². The summed E-state index contributed by atoms with van der Waals surface area (Å²) in [6.45, 7) is 3.73. The molecule has 24 heavy (non-hydrogen) atoms. The number of nitrogens with one attached hydrogen (secondary N) is 1. The summed E-state index contributed by atoms with van der Waals surface area (Å²) in [7, 11) is 0. The van der Waals surface area contributed by atoms with Crippen molar-refractivity contribution in [2.45, 2.75) is 12.5 Å². The molecular formula is C17H20N4O2S. The molecule has 1 N–H and O–H groups in total. The summed E-state index contributed by atoms with van der Waals surface area (Å²) in [5.74, 6) is 0.877. The number of carbonyl (C=O) groups excluding carboxylic acids is 1.